The van der Waals surface area contributed by atoms with E-state index in [2.05, 4.69) is 55.2 Å². The molecule has 0 amide bonds. The summed E-state index contributed by atoms with van der Waals surface area (Å²) in [5.74, 6) is 0. The van der Waals surface area contributed by atoms with Crippen LogP contribution in [0.1, 0.15) is 5.56 Å². The van der Waals surface area contributed by atoms with Crippen molar-refractivity contribution in [2.24, 2.45) is 0 Å². The maximum atomic E-state index is 12.5. The van der Waals surface area contributed by atoms with Crippen LogP contribution in [0, 0.1) is 0 Å². The van der Waals surface area contributed by atoms with Crippen LogP contribution >= 0.6 is 15.9 Å². The predicted molar refractivity (Wildman–Crippen MR) is 112 cm³/mol. The van der Waals surface area contributed by atoms with Gasteiger partial charge in [-0.05, 0) is 29.8 Å². The van der Waals surface area contributed by atoms with Crippen molar-refractivity contribution in [1.29, 1.82) is 0 Å². The highest BCUT2D eigenvalue weighted by Crippen LogP contribution is 2.19. The van der Waals surface area contributed by atoms with E-state index in [1.165, 1.54) is 5.56 Å². The predicted octanol–water partition coefficient (Wildman–Crippen LogP) is 3.91. The van der Waals surface area contributed by atoms with Crippen LogP contribution < -0.4 is 10.0 Å². The van der Waals surface area contributed by atoms with Crippen molar-refractivity contribution in [1.82, 2.24) is 15.0 Å². The average molecular weight is 430 g/mol. The van der Waals surface area contributed by atoms with E-state index in [1.54, 1.807) is 12.4 Å². The molecule has 0 aliphatic heterocycles. The van der Waals surface area contributed by atoms with Gasteiger partial charge in [-0.3, -0.25) is 4.98 Å². The molecule has 1 heterocycles. The van der Waals surface area contributed by atoms with E-state index in [4.69, 9.17) is 0 Å². The molecule has 1 unspecified atom stereocenters. The highest BCUT2D eigenvalue weighted by Gasteiger charge is 2.07. The maximum Gasteiger partial charge on any atom is 0.125 e. The Morgan fingerprint density at radius 2 is 1.92 bits per heavy atom. The Hall–Kier alpha value is -1.86. The number of nitrogens with zero attached hydrogens (tertiary/aromatic N) is 1. The molecule has 1 aromatic heterocycles. The third kappa shape index (κ3) is 5.32. The molecule has 0 fully saturated rings. The van der Waals surface area contributed by atoms with Crippen LogP contribution in [0.25, 0.3) is 16.8 Å². The zero-order chi connectivity index (χ0) is 18.2. The quantitative estimate of drug-likeness (QED) is 0.533. The average Bonchev–Trinajstić information content (AvgIpc) is 2.68. The van der Waals surface area contributed by atoms with Crippen LogP contribution in [0.15, 0.2) is 76.4 Å². The van der Waals surface area contributed by atoms with Crippen molar-refractivity contribution in [3.63, 3.8) is 0 Å². The van der Waals surface area contributed by atoms with Gasteiger partial charge in [-0.15, -0.1) is 0 Å². The van der Waals surface area contributed by atoms with Gasteiger partial charge in [-0.25, -0.2) is 8.93 Å². The largest absolute Gasteiger partial charge is 0.312 e. The van der Waals surface area contributed by atoms with E-state index in [0.29, 0.717) is 6.54 Å². The van der Waals surface area contributed by atoms with Gasteiger partial charge in [0.1, 0.15) is 11.0 Å². The van der Waals surface area contributed by atoms with E-state index < -0.39 is 11.0 Å². The normalized spacial score (nSPS) is 12.7. The maximum absolute atomic E-state index is 12.5. The Morgan fingerprint density at radius 3 is 2.77 bits per heavy atom. The van der Waals surface area contributed by atoms with Crippen molar-refractivity contribution in [2.45, 2.75) is 4.90 Å². The van der Waals surface area contributed by atoms with E-state index in [1.807, 2.05) is 36.4 Å². The monoisotopic (exact) mass is 429 g/mol. The lowest BCUT2D eigenvalue weighted by Gasteiger charge is -2.08. The summed E-state index contributed by atoms with van der Waals surface area (Å²) in [7, 11) is -1.24. The van der Waals surface area contributed by atoms with Crippen LogP contribution in [-0.4, -0.2) is 28.8 Å². The summed E-state index contributed by atoms with van der Waals surface area (Å²) in [5, 5.41) is 5.28. The lowest BCUT2D eigenvalue weighted by Crippen LogP contribution is -2.28. The lowest BCUT2D eigenvalue weighted by atomic mass is 10.2. The molecule has 1 atom stereocenters. The number of fused-ring (bicyclic) bond motifs is 1. The topological polar surface area (TPSA) is 54.0 Å². The first-order valence-corrected chi connectivity index (χ1v) is 10.3. The van der Waals surface area contributed by atoms with Crippen molar-refractivity contribution < 1.29 is 4.21 Å². The molecule has 0 aliphatic rings. The number of rotatable bonds is 8. The fourth-order valence-corrected chi connectivity index (χ4v) is 3.81. The van der Waals surface area contributed by atoms with Gasteiger partial charge in [0.05, 0.1) is 4.90 Å². The fourth-order valence-electron chi connectivity index (χ4n) is 2.52. The smallest absolute Gasteiger partial charge is 0.125 e. The first kappa shape index (κ1) is 18.9. The minimum absolute atomic E-state index is 0.625. The van der Waals surface area contributed by atoms with Crippen molar-refractivity contribution in [3.8, 4) is 0 Å². The molecule has 3 aromatic rings. The Morgan fingerprint density at radius 1 is 1.08 bits per heavy atom. The van der Waals surface area contributed by atoms with Crippen LogP contribution in [0.5, 0.6) is 0 Å². The van der Waals surface area contributed by atoms with Gasteiger partial charge in [0, 0.05) is 47.3 Å². The summed E-state index contributed by atoms with van der Waals surface area (Å²) in [6, 6.07) is 15.8. The van der Waals surface area contributed by atoms with E-state index in [0.717, 1.165) is 33.2 Å². The molecule has 2 aromatic carbocycles. The third-order valence-corrected chi connectivity index (χ3v) is 5.57. The van der Waals surface area contributed by atoms with Crippen molar-refractivity contribution >= 4 is 43.8 Å². The second-order valence-corrected chi connectivity index (χ2v) is 7.86. The number of nitrogens with one attached hydrogen (secondary N) is 2. The minimum Gasteiger partial charge on any atom is -0.312 e. The number of hydrogen-bond acceptors (Lipinski definition) is 3. The van der Waals surface area contributed by atoms with Crippen LogP contribution in [0.4, 0.5) is 0 Å². The molecule has 4 nitrogen and oxygen atoms in total. The first-order chi connectivity index (χ1) is 12.7. The lowest BCUT2D eigenvalue weighted by molar-refractivity contribution is 0.664. The van der Waals surface area contributed by atoms with E-state index in [-0.39, 0.29) is 0 Å². The highest BCUT2D eigenvalue weighted by atomic mass is 79.9. The van der Waals surface area contributed by atoms with Gasteiger partial charge in [0.2, 0.25) is 0 Å². The Kier molecular flexibility index (Phi) is 7.08. The zero-order valence-corrected chi connectivity index (χ0v) is 16.6. The molecule has 2 N–H and O–H groups in total. The summed E-state index contributed by atoms with van der Waals surface area (Å²) in [6.45, 7) is 2.13. The van der Waals surface area contributed by atoms with Gasteiger partial charge in [0.15, 0.2) is 0 Å². The number of aromatic nitrogens is 1. The fraction of sp³-hybridized carbons (Fsp3) is 0.150. The Bertz CT molecular complexity index is 907. The molecule has 6 heteroatoms. The summed E-state index contributed by atoms with van der Waals surface area (Å²) in [5.41, 5.74) is 1.17. The van der Waals surface area contributed by atoms with Crippen molar-refractivity contribution in [2.75, 3.05) is 19.6 Å². The standard InChI is InChI=1S/C20H20BrN3OS/c21-18-8-6-16(7-9-18)3-2-11-22-13-14-24-26(25)20-5-1-4-17-15-23-12-10-19(17)20/h1-10,12,15,22,24H,11,13-14H2/b3-2+. The Balaban J connectivity index is 1.42. The second kappa shape index (κ2) is 9.73. The molecule has 134 valence electrons. The number of hydrogen-bond donors (Lipinski definition) is 2. The second-order valence-electron chi connectivity index (χ2n) is 5.67. The van der Waals surface area contributed by atoms with Gasteiger partial charge in [-0.2, -0.15) is 0 Å². The third-order valence-electron chi connectivity index (χ3n) is 3.82. The van der Waals surface area contributed by atoms with Gasteiger partial charge in [-0.1, -0.05) is 52.3 Å². The van der Waals surface area contributed by atoms with Crippen LogP contribution in [0.3, 0.4) is 0 Å². The van der Waals surface area contributed by atoms with Crippen LogP contribution in [0.2, 0.25) is 0 Å². The SMILES string of the molecule is O=S(NCCNC/C=C/c1ccc(Br)cc1)c1cccc2cnccc12. The first-order valence-electron chi connectivity index (χ1n) is 8.35. The molecule has 3 rings (SSSR count). The molecule has 0 spiro atoms. The molecule has 0 bridgehead atoms. The molecular formula is C20H20BrN3OS. The molecular weight excluding hydrogens is 410 g/mol. The Labute approximate surface area is 164 Å². The molecule has 0 saturated heterocycles. The summed E-state index contributed by atoms with van der Waals surface area (Å²) in [4.78, 5) is 4.90. The molecule has 0 radical (unpaired) electrons. The summed E-state index contributed by atoms with van der Waals surface area (Å²) >= 11 is 3.43. The van der Waals surface area contributed by atoms with Crippen molar-refractivity contribution in [3.05, 3.63) is 77.0 Å². The number of pyridine rings is 1. The summed E-state index contributed by atoms with van der Waals surface area (Å²) < 4.78 is 16.6. The molecule has 0 saturated carbocycles. The van der Waals surface area contributed by atoms with Gasteiger partial charge in [0.25, 0.3) is 0 Å². The number of benzene rings is 2. The zero-order valence-electron chi connectivity index (χ0n) is 14.2. The van der Waals surface area contributed by atoms with Gasteiger partial charge < -0.3 is 5.32 Å². The van der Waals surface area contributed by atoms with E-state index in [9.17, 15) is 4.21 Å². The highest BCUT2D eigenvalue weighted by molar-refractivity contribution is 9.10. The number of halogens is 1. The van der Waals surface area contributed by atoms with E-state index >= 15 is 0 Å². The minimum atomic E-state index is -1.24. The summed E-state index contributed by atoms with van der Waals surface area (Å²) in [6.07, 6.45) is 7.67. The van der Waals surface area contributed by atoms with Gasteiger partial charge >= 0.3 is 0 Å². The molecule has 0 aliphatic carbocycles. The van der Waals surface area contributed by atoms with Crippen LogP contribution in [-0.2, 0) is 11.0 Å². The molecule has 26 heavy (non-hydrogen) atoms.